The van der Waals surface area contributed by atoms with Gasteiger partial charge in [0, 0.05) is 44.5 Å². The van der Waals surface area contributed by atoms with Crippen LogP contribution in [0.25, 0.3) is 0 Å². The molecule has 8 heteroatoms. The largest absolute Gasteiger partial charge is 0.355 e. The monoisotopic (exact) mass is 421 g/mol. The summed E-state index contributed by atoms with van der Waals surface area (Å²) in [6.45, 7) is 3.45. The first kappa shape index (κ1) is 21.8. The van der Waals surface area contributed by atoms with Gasteiger partial charge in [-0.3, -0.25) is 14.5 Å². The highest BCUT2D eigenvalue weighted by atomic mass is 32.2. The number of benzene rings is 1. The van der Waals surface area contributed by atoms with Crippen LogP contribution in [-0.2, 0) is 14.6 Å². The first-order valence-corrected chi connectivity index (χ1v) is 12.3. The minimum Gasteiger partial charge on any atom is -0.355 e. The summed E-state index contributed by atoms with van der Waals surface area (Å²) >= 11 is 0. The van der Waals surface area contributed by atoms with Crippen LogP contribution in [-0.4, -0.2) is 75.6 Å². The summed E-state index contributed by atoms with van der Waals surface area (Å²) in [5.41, 5.74) is 0.381. The molecule has 1 aromatic rings. The van der Waals surface area contributed by atoms with E-state index in [1.165, 1.54) is 44.2 Å². The fourth-order valence-electron chi connectivity index (χ4n) is 4.06. The maximum atomic E-state index is 12.7. The molecule has 1 aliphatic heterocycles. The molecule has 0 bridgehead atoms. The van der Waals surface area contributed by atoms with E-state index in [1.54, 1.807) is 17.0 Å². The van der Waals surface area contributed by atoms with Crippen molar-refractivity contribution in [3.05, 3.63) is 29.8 Å². The number of hydrogen-bond donors (Lipinski definition) is 1. The van der Waals surface area contributed by atoms with E-state index >= 15 is 0 Å². The van der Waals surface area contributed by atoms with Gasteiger partial charge in [0.15, 0.2) is 9.84 Å². The Balaban J connectivity index is 1.45. The second-order valence-electron chi connectivity index (χ2n) is 8.18. The Morgan fingerprint density at radius 3 is 2.41 bits per heavy atom. The average Bonchev–Trinajstić information content (AvgIpc) is 2.72. The molecule has 2 fully saturated rings. The summed E-state index contributed by atoms with van der Waals surface area (Å²) in [6.07, 6.45) is 7.40. The Labute approximate surface area is 173 Å². The normalized spacial score (nSPS) is 19.1. The Morgan fingerprint density at radius 2 is 1.76 bits per heavy atom. The van der Waals surface area contributed by atoms with Crippen LogP contribution in [0.1, 0.15) is 42.5 Å². The number of hydrogen-bond acceptors (Lipinski definition) is 5. The second kappa shape index (κ2) is 9.71. The fourth-order valence-corrected chi connectivity index (χ4v) is 4.73. The summed E-state index contributed by atoms with van der Waals surface area (Å²) in [6, 6.07) is 6.16. The van der Waals surface area contributed by atoms with Crippen molar-refractivity contribution in [2.75, 3.05) is 45.5 Å². The second-order valence-corrected chi connectivity index (χ2v) is 10.2. The van der Waals surface area contributed by atoms with Crippen LogP contribution >= 0.6 is 0 Å². The van der Waals surface area contributed by atoms with E-state index in [0.717, 1.165) is 12.8 Å². The molecule has 0 unspecified atom stereocenters. The van der Waals surface area contributed by atoms with Gasteiger partial charge in [-0.05, 0) is 37.0 Å². The molecule has 0 spiro atoms. The maximum Gasteiger partial charge on any atom is 0.253 e. The summed E-state index contributed by atoms with van der Waals surface area (Å²) in [5.74, 6) is 0.498. The lowest BCUT2D eigenvalue weighted by molar-refractivity contribution is -0.122. The predicted molar refractivity (Wildman–Crippen MR) is 111 cm³/mol. The lowest BCUT2D eigenvalue weighted by Crippen LogP contribution is -2.51. The van der Waals surface area contributed by atoms with Gasteiger partial charge in [-0.1, -0.05) is 25.3 Å². The lowest BCUT2D eigenvalue weighted by atomic mass is 9.89. The van der Waals surface area contributed by atoms with Crippen LogP contribution in [0.3, 0.4) is 0 Å². The van der Waals surface area contributed by atoms with Crippen LogP contribution in [0.15, 0.2) is 29.2 Å². The predicted octanol–water partition coefficient (Wildman–Crippen LogP) is 1.54. The van der Waals surface area contributed by atoms with E-state index in [9.17, 15) is 18.0 Å². The topological polar surface area (TPSA) is 86.8 Å². The molecule has 29 heavy (non-hydrogen) atoms. The van der Waals surface area contributed by atoms with Gasteiger partial charge in [0.1, 0.15) is 0 Å². The van der Waals surface area contributed by atoms with E-state index in [4.69, 9.17) is 0 Å². The van der Waals surface area contributed by atoms with Crippen molar-refractivity contribution in [2.24, 2.45) is 5.92 Å². The van der Waals surface area contributed by atoms with Crippen molar-refractivity contribution in [1.29, 1.82) is 0 Å². The molecule has 1 aromatic carbocycles. The molecule has 3 rings (SSSR count). The van der Waals surface area contributed by atoms with Crippen molar-refractivity contribution in [3.8, 4) is 0 Å². The minimum atomic E-state index is -3.35. The first-order chi connectivity index (χ1) is 13.8. The smallest absolute Gasteiger partial charge is 0.253 e. The molecule has 2 amide bonds. The molecule has 0 radical (unpaired) electrons. The zero-order valence-electron chi connectivity index (χ0n) is 17.1. The highest BCUT2D eigenvalue weighted by molar-refractivity contribution is 7.90. The van der Waals surface area contributed by atoms with Gasteiger partial charge in [-0.2, -0.15) is 0 Å². The van der Waals surface area contributed by atoms with E-state index in [2.05, 4.69) is 10.2 Å². The lowest BCUT2D eigenvalue weighted by Gasteiger charge is -2.34. The molecule has 0 aromatic heterocycles. The van der Waals surface area contributed by atoms with Crippen molar-refractivity contribution >= 4 is 21.7 Å². The van der Waals surface area contributed by atoms with Gasteiger partial charge in [-0.15, -0.1) is 0 Å². The number of rotatable bonds is 6. The maximum absolute atomic E-state index is 12.7. The third-order valence-electron chi connectivity index (χ3n) is 5.85. The van der Waals surface area contributed by atoms with Crippen LogP contribution < -0.4 is 5.32 Å². The van der Waals surface area contributed by atoms with Crippen molar-refractivity contribution in [2.45, 2.75) is 37.0 Å². The highest BCUT2D eigenvalue weighted by Gasteiger charge is 2.24. The van der Waals surface area contributed by atoms with E-state index < -0.39 is 9.84 Å². The molecule has 1 N–H and O–H groups in total. The van der Waals surface area contributed by atoms with E-state index in [0.29, 0.717) is 44.2 Å². The quantitative estimate of drug-likeness (QED) is 0.753. The molecule has 1 saturated heterocycles. The zero-order chi connectivity index (χ0) is 20.9. The fraction of sp³-hybridized carbons (Fsp3) is 0.619. The Kier molecular flexibility index (Phi) is 7.29. The number of nitrogens with one attached hydrogen (secondary N) is 1. The van der Waals surface area contributed by atoms with E-state index in [1.807, 2.05) is 0 Å². The van der Waals surface area contributed by atoms with Crippen LogP contribution in [0.5, 0.6) is 0 Å². The number of nitrogens with zero attached hydrogens (tertiary/aromatic N) is 2. The van der Waals surface area contributed by atoms with Crippen LogP contribution in [0, 0.1) is 5.92 Å². The summed E-state index contributed by atoms with van der Waals surface area (Å²) in [7, 11) is -3.35. The third kappa shape index (κ3) is 6.27. The molecule has 1 saturated carbocycles. The molecule has 1 heterocycles. The van der Waals surface area contributed by atoms with Gasteiger partial charge in [0.25, 0.3) is 5.91 Å². The highest BCUT2D eigenvalue weighted by Crippen LogP contribution is 2.22. The molecular weight excluding hydrogens is 390 g/mol. The molecule has 2 aliphatic rings. The number of amides is 2. The summed E-state index contributed by atoms with van der Waals surface area (Å²) < 4.78 is 23.4. The average molecular weight is 422 g/mol. The number of carbonyl (C=O) groups excluding carboxylic acids is 2. The van der Waals surface area contributed by atoms with Crippen LogP contribution in [0.2, 0.25) is 0 Å². The summed E-state index contributed by atoms with van der Waals surface area (Å²) in [4.78, 5) is 28.9. The Bertz CT molecular complexity index is 826. The number of piperazine rings is 1. The molecule has 0 atom stereocenters. The SMILES string of the molecule is CS(=O)(=O)c1cccc(C(=O)N2CCN(CC(=O)NCC3CCCCC3)CC2)c1. The van der Waals surface area contributed by atoms with Gasteiger partial charge >= 0.3 is 0 Å². The van der Waals surface area contributed by atoms with Gasteiger partial charge in [-0.25, -0.2) is 8.42 Å². The molecule has 7 nitrogen and oxygen atoms in total. The number of sulfone groups is 1. The van der Waals surface area contributed by atoms with Crippen molar-refractivity contribution < 1.29 is 18.0 Å². The molecule has 1 aliphatic carbocycles. The summed E-state index contributed by atoms with van der Waals surface area (Å²) in [5, 5.41) is 3.06. The first-order valence-electron chi connectivity index (χ1n) is 10.4. The zero-order valence-corrected chi connectivity index (χ0v) is 17.9. The standard InChI is InChI=1S/C21H31N3O4S/c1-29(27,28)19-9-5-8-18(14-19)21(26)24-12-10-23(11-13-24)16-20(25)22-15-17-6-3-2-4-7-17/h5,8-9,14,17H,2-4,6-7,10-13,15-16H2,1H3,(H,22,25). The Hall–Kier alpha value is -1.93. The molecular formula is C21H31N3O4S. The van der Waals surface area contributed by atoms with Gasteiger partial charge in [0.05, 0.1) is 11.4 Å². The molecule has 160 valence electrons. The third-order valence-corrected chi connectivity index (χ3v) is 6.96. The minimum absolute atomic E-state index is 0.0520. The van der Waals surface area contributed by atoms with Gasteiger partial charge < -0.3 is 10.2 Å². The van der Waals surface area contributed by atoms with Crippen LogP contribution in [0.4, 0.5) is 0 Å². The van der Waals surface area contributed by atoms with Gasteiger partial charge in [0.2, 0.25) is 5.91 Å². The van der Waals surface area contributed by atoms with Crippen molar-refractivity contribution in [3.63, 3.8) is 0 Å². The van der Waals surface area contributed by atoms with E-state index in [-0.39, 0.29) is 16.7 Å². The number of carbonyl (C=O) groups is 2. The Morgan fingerprint density at radius 1 is 1.07 bits per heavy atom. The van der Waals surface area contributed by atoms with Crippen molar-refractivity contribution in [1.82, 2.24) is 15.1 Å².